The minimum absolute atomic E-state index is 0.0716. The average Bonchev–Trinajstić information content (AvgIpc) is 3.21. The summed E-state index contributed by atoms with van der Waals surface area (Å²) < 4.78 is 7.47. The Labute approximate surface area is 200 Å². The third-order valence-corrected chi connectivity index (χ3v) is 5.83. The third kappa shape index (κ3) is 5.38. The van der Waals surface area contributed by atoms with E-state index < -0.39 is 5.60 Å². The molecule has 0 unspecified atom stereocenters. The van der Waals surface area contributed by atoms with E-state index in [0.29, 0.717) is 18.7 Å². The standard InChI is InChI=1S/C26H33N5O3/c1-17(2)27-24(32)19-8-6-18(7-9-19)20-10-11-23-22(16-20)28-29-31(23)21-12-14-30(15-13-21)25(33)34-26(3,4)5/h6-11,16-17,21H,12-15H2,1-5H3,(H,27,32). The molecule has 1 fully saturated rings. The number of benzene rings is 2. The number of nitrogens with one attached hydrogen (secondary N) is 1. The summed E-state index contributed by atoms with van der Waals surface area (Å²) in [5.41, 5.74) is 4.00. The summed E-state index contributed by atoms with van der Waals surface area (Å²) >= 11 is 0. The molecule has 8 heteroatoms. The molecule has 0 radical (unpaired) electrons. The number of carbonyl (C=O) groups is 2. The number of hydrogen-bond donors (Lipinski definition) is 1. The van der Waals surface area contributed by atoms with E-state index in [4.69, 9.17) is 4.74 Å². The monoisotopic (exact) mass is 463 g/mol. The van der Waals surface area contributed by atoms with Crippen LogP contribution in [0.1, 0.15) is 63.9 Å². The normalized spacial score (nSPS) is 15.1. The SMILES string of the molecule is CC(C)NC(=O)c1ccc(-c2ccc3c(c2)nnn3C2CCN(C(=O)OC(C)(C)C)CC2)cc1. The highest BCUT2D eigenvalue weighted by atomic mass is 16.6. The van der Waals surface area contributed by atoms with Gasteiger partial charge in [-0.3, -0.25) is 4.79 Å². The molecule has 1 saturated heterocycles. The lowest BCUT2D eigenvalue weighted by molar-refractivity contribution is 0.0185. The van der Waals surface area contributed by atoms with Gasteiger partial charge in [0.15, 0.2) is 0 Å². The van der Waals surface area contributed by atoms with E-state index in [1.54, 1.807) is 4.90 Å². The maximum absolute atomic E-state index is 12.3. The van der Waals surface area contributed by atoms with Crippen LogP contribution >= 0.6 is 0 Å². The Bertz CT molecular complexity index is 1170. The zero-order valence-electron chi connectivity index (χ0n) is 20.5. The fourth-order valence-corrected chi connectivity index (χ4v) is 4.17. The van der Waals surface area contributed by atoms with Crippen molar-refractivity contribution in [2.45, 2.75) is 65.1 Å². The summed E-state index contributed by atoms with van der Waals surface area (Å²) in [5, 5.41) is 11.7. The molecular formula is C26H33N5O3. The summed E-state index contributed by atoms with van der Waals surface area (Å²) in [7, 11) is 0. The number of amides is 2. The number of aromatic nitrogens is 3. The summed E-state index contributed by atoms with van der Waals surface area (Å²) in [4.78, 5) is 26.3. The highest BCUT2D eigenvalue weighted by molar-refractivity contribution is 5.95. The molecule has 1 aromatic heterocycles. The fraction of sp³-hybridized carbons (Fsp3) is 0.462. The minimum atomic E-state index is -0.492. The molecular weight excluding hydrogens is 430 g/mol. The zero-order chi connectivity index (χ0) is 24.5. The van der Waals surface area contributed by atoms with Crippen LogP contribution in [0.4, 0.5) is 4.79 Å². The highest BCUT2D eigenvalue weighted by Crippen LogP contribution is 2.29. The number of piperidine rings is 1. The molecule has 1 aliphatic rings. The fourth-order valence-electron chi connectivity index (χ4n) is 4.17. The average molecular weight is 464 g/mol. The molecule has 0 bridgehead atoms. The lowest BCUT2D eigenvalue weighted by atomic mass is 10.0. The minimum Gasteiger partial charge on any atom is -0.444 e. The molecule has 1 aliphatic heterocycles. The molecule has 1 N–H and O–H groups in total. The van der Waals surface area contributed by atoms with E-state index in [9.17, 15) is 9.59 Å². The predicted octanol–water partition coefficient (Wildman–Crippen LogP) is 4.81. The molecule has 0 saturated carbocycles. The van der Waals surface area contributed by atoms with Crippen LogP contribution in [0, 0.1) is 0 Å². The number of rotatable bonds is 4. The van der Waals surface area contributed by atoms with Crippen LogP contribution in [0.2, 0.25) is 0 Å². The first-order valence-corrected chi connectivity index (χ1v) is 11.8. The van der Waals surface area contributed by atoms with Gasteiger partial charge in [0.2, 0.25) is 0 Å². The van der Waals surface area contributed by atoms with Crippen molar-refractivity contribution in [1.82, 2.24) is 25.2 Å². The number of ether oxygens (including phenoxy) is 1. The zero-order valence-corrected chi connectivity index (χ0v) is 20.5. The molecule has 2 heterocycles. The van der Waals surface area contributed by atoms with Crippen LogP contribution in [0.15, 0.2) is 42.5 Å². The van der Waals surface area contributed by atoms with Crippen molar-refractivity contribution in [1.29, 1.82) is 0 Å². The Balaban J connectivity index is 1.45. The van der Waals surface area contributed by atoms with E-state index in [0.717, 1.165) is 35.0 Å². The first-order valence-electron chi connectivity index (χ1n) is 11.8. The molecule has 0 aliphatic carbocycles. The molecule has 2 aromatic carbocycles. The predicted molar refractivity (Wildman–Crippen MR) is 132 cm³/mol. The van der Waals surface area contributed by atoms with Gasteiger partial charge in [0.05, 0.1) is 11.6 Å². The van der Waals surface area contributed by atoms with E-state index in [2.05, 4.69) is 21.7 Å². The van der Waals surface area contributed by atoms with Crippen molar-refractivity contribution in [2.75, 3.05) is 13.1 Å². The summed E-state index contributed by atoms with van der Waals surface area (Å²) in [6.07, 6.45) is 1.35. The van der Waals surface area contributed by atoms with Gasteiger partial charge in [-0.05, 0) is 82.9 Å². The van der Waals surface area contributed by atoms with Crippen molar-refractivity contribution in [3.63, 3.8) is 0 Å². The number of likely N-dealkylation sites (tertiary alicyclic amines) is 1. The van der Waals surface area contributed by atoms with Crippen molar-refractivity contribution in [3.05, 3.63) is 48.0 Å². The molecule has 180 valence electrons. The highest BCUT2D eigenvalue weighted by Gasteiger charge is 2.28. The Hall–Kier alpha value is -3.42. The van der Waals surface area contributed by atoms with Gasteiger partial charge in [-0.1, -0.05) is 23.4 Å². The summed E-state index contributed by atoms with van der Waals surface area (Å²) in [6.45, 7) is 10.8. The van der Waals surface area contributed by atoms with E-state index in [-0.39, 0.29) is 24.1 Å². The number of carbonyl (C=O) groups excluding carboxylic acids is 2. The van der Waals surface area contributed by atoms with Gasteiger partial charge in [0, 0.05) is 24.7 Å². The van der Waals surface area contributed by atoms with E-state index in [1.165, 1.54) is 0 Å². The lowest BCUT2D eigenvalue weighted by Crippen LogP contribution is -2.42. The molecule has 0 atom stereocenters. The lowest BCUT2D eigenvalue weighted by Gasteiger charge is -2.33. The van der Waals surface area contributed by atoms with Gasteiger partial charge in [-0.15, -0.1) is 5.10 Å². The van der Waals surface area contributed by atoms with Gasteiger partial charge < -0.3 is 15.0 Å². The van der Waals surface area contributed by atoms with Crippen LogP contribution in [0.5, 0.6) is 0 Å². The Morgan fingerprint density at radius 2 is 1.68 bits per heavy atom. The van der Waals surface area contributed by atoms with Crippen LogP contribution in [-0.2, 0) is 4.74 Å². The van der Waals surface area contributed by atoms with Crippen LogP contribution in [0.3, 0.4) is 0 Å². The van der Waals surface area contributed by atoms with E-state index >= 15 is 0 Å². The summed E-state index contributed by atoms with van der Waals surface area (Å²) in [5.74, 6) is -0.0716. The second kappa shape index (κ2) is 9.44. The Kier molecular flexibility index (Phi) is 6.59. The van der Waals surface area contributed by atoms with E-state index in [1.807, 2.05) is 75.7 Å². The smallest absolute Gasteiger partial charge is 0.410 e. The number of nitrogens with zero attached hydrogens (tertiary/aromatic N) is 4. The molecule has 2 amide bonds. The second-order valence-electron chi connectivity index (χ2n) is 10.1. The molecule has 4 rings (SSSR count). The topological polar surface area (TPSA) is 89.4 Å². The van der Waals surface area contributed by atoms with Gasteiger partial charge >= 0.3 is 6.09 Å². The number of hydrogen-bond acceptors (Lipinski definition) is 5. The Morgan fingerprint density at radius 1 is 1.03 bits per heavy atom. The molecule has 34 heavy (non-hydrogen) atoms. The molecule has 3 aromatic rings. The maximum atomic E-state index is 12.3. The third-order valence-electron chi connectivity index (χ3n) is 5.83. The quantitative estimate of drug-likeness (QED) is 0.600. The van der Waals surface area contributed by atoms with Gasteiger partial charge in [-0.2, -0.15) is 0 Å². The van der Waals surface area contributed by atoms with Gasteiger partial charge in [0.1, 0.15) is 11.1 Å². The second-order valence-corrected chi connectivity index (χ2v) is 10.1. The van der Waals surface area contributed by atoms with Crippen LogP contribution < -0.4 is 5.32 Å². The first-order chi connectivity index (χ1) is 16.1. The van der Waals surface area contributed by atoms with Crippen molar-refractivity contribution >= 4 is 23.0 Å². The molecule has 8 nitrogen and oxygen atoms in total. The van der Waals surface area contributed by atoms with Crippen molar-refractivity contribution < 1.29 is 14.3 Å². The number of fused-ring (bicyclic) bond motifs is 1. The largest absolute Gasteiger partial charge is 0.444 e. The first kappa shape index (κ1) is 23.7. The van der Waals surface area contributed by atoms with Crippen molar-refractivity contribution in [3.8, 4) is 11.1 Å². The van der Waals surface area contributed by atoms with Crippen molar-refractivity contribution in [2.24, 2.45) is 0 Å². The van der Waals surface area contributed by atoms with Gasteiger partial charge in [0.25, 0.3) is 5.91 Å². The van der Waals surface area contributed by atoms with Crippen LogP contribution in [0.25, 0.3) is 22.2 Å². The Morgan fingerprint density at radius 3 is 2.29 bits per heavy atom. The van der Waals surface area contributed by atoms with Crippen LogP contribution in [-0.4, -0.2) is 56.6 Å². The maximum Gasteiger partial charge on any atom is 0.410 e. The molecule has 0 spiro atoms. The summed E-state index contributed by atoms with van der Waals surface area (Å²) in [6, 6.07) is 14.0. The van der Waals surface area contributed by atoms with Gasteiger partial charge in [-0.25, -0.2) is 9.48 Å².